The number of carbonyl (C=O) groups is 4. The van der Waals surface area contributed by atoms with Crippen LogP contribution >= 0.6 is 23.2 Å². The van der Waals surface area contributed by atoms with Gasteiger partial charge in [0.1, 0.15) is 11.6 Å². The van der Waals surface area contributed by atoms with Crippen molar-refractivity contribution in [1.82, 2.24) is 15.5 Å². The first-order valence-corrected chi connectivity index (χ1v) is 15.9. The summed E-state index contributed by atoms with van der Waals surface area (Å²) in [6.07, 6.45) is 2.87. The smallest absolute Gasteiger partial charge is 0.328 e. The number of nitrogens with one attached hydrogen (secondary N) is 2. The minimum atomic E-state index is -3.57. The van der Waals surface area contributed by atoms with Gasteiger partial charge in [-0.3, -0.25) is 14.4 Å². The molecule has 1 aliphatic heterocycles. The molecule has 11 nitrogen and oxygen atoms in total. The van der Waals surface area contributed by atoms with Crippen molar-refractivity contribution in [3.8, 4) is 0 Å². The molecule has 1 atom stereocenters. The average Bonchev–Trinajstić information content (AvgIpc) is 3.46. The molecule has 0 aliphatic carbocycles. The van der Waals surface area contributed by atoms with Crippen LogP contribution in [0, 0.1) is 0 Å². The number of rotatable bonds is 8. The number of furan rings is 1. The van der Waals surface area contributed by atoms with Crippen LogP contribution in [0.15, 0.2) is 70.2 Å². The van der Waals surface area contributed by atoms with Gasteiger partial charge in [0, 0.05) is 42.4 Å². The van der Waals surface area contributed by atoms with Gasteiger partial charge in [-0.05, 0) is 60.0 Å². The number of carbonyl (C=O) groups excluding carboxylic acids is 3. The summed E-state index contributed by atoms with van der Waals surface area (Å²) in [4.78, 5) is 52.5. The van der Waals surface area contributed by atoms with E-state index in [4.69, 9.17) is 27.6 Å². The standard InChI is InChI=1S/C30H25Cl2N3O8S/c1-44(41,42)20-4-2-3-17(11-20)27(36)33-14-23(30(39)40)34-28(37)25-22(31)12-19-15-35(9-7-21(19)26(25)32)29(38)18-6-5-16-8-10-43-24(16)13-18/h2-6,8,10-13,23H,7,9,14-15H2,1H3,(H,33,36)(H,34,37)(H,39,40)/t23-/m0/s1. The summed E-state index contributed by atoms with van der Waals surface area (Å²) in [6.45, 7) is -0.00514. The van der Waals surface area contributed by atoms with Gasteiger partial charge in [0.2, 0.25) is 0 Å². The summed E-state index contributed by atoms with van der Waals surface area (Å²) in [5.41, 5.74) is 2.17. The minimum absolute atomic E-state index is 0.00166. The first kappa shape index (κ1) is 31.0. The average molecular weight is 659 g/mol. The van der Waals surface area contributed by atoms with E-state index >= 15 is 0 Å². The van der Waals surface area contributed by atoms with E-state index in [1.807, 2.05) is 0 Å². The Hall–Kier alpha value is -4.39. The lowest BCUT2D eigenvalue weighted by Crippen LogP contribution is -2.48. The Labute approximate surface area is 261 Å². The zero-order valence-corrected chi connectivity index (χ0v) is 25.4. The molecule has 3 aromatic carbocycles. The molecule has 2 heterocycles. The molecule has 44 heavy (non-hydrogen) atoms. The SMILES string of the molecule is CS(=O)(=O)c1cccc(C(=O)NC[C@H](NC(=O)c2c(Cl)cc3c(c2Cl)CCN(C(=O)c2ccc4ccoc4c2)C3)C(=O)O)c1. The van der Waals surface area contributed by atoms with Crippen molar-refractivity contribution in [3.63, 3.8) is 0 Å². The largest absolute Gasteiger partial charge is 0.480 e. The molecular formula is C30H25Cl2N3O8S. The third-order valence-electron chi connectivity index (χ3n) is 7.22. The molecule has 0 saturated carbocycles. The third-order valence-corrected chi connectivity index (χ3v) is 9.04. The van der Waals surface area contributed by atoms with Gasteiger partial charge < -0.3 is 25.1 Å². The fourth-order valence-corrected chi connectivity index (χ4v) is 6.33. The van der Waals surface area contributed by atoms with Crippen LogP contribution in [0.3, 0.4) is 0 Å². The number of hydrogen-bond donors (Lipinski definition) is 3. The summed E-state index contributed by atoms with van der Waals surface area (Å²) >= 11 is 13.1. The highest BCUT2D eigenvalue weighted by molar-refractivity contribution is 7.90. The van der Waals surface area contributed by atoms with Crippen molar-refractivity contribution in [2.45, 2.75) is 23.9 Å². The fraction of sp³-hybridized carbons (Fsp3) is 0.200. The van der Waals surface area contributed by atoms with Gasteiger partial charge >= 0.3 is 5.97 Å². The second kappa shape index (κ2) is 12.3. The molecule has 14 heteroatoms. The molecule has 3 N–H and O–H groups in total. The molecule has 4 aromatic rings. The Balaban J connectivity index is 1.28. The Morgan fingerprint density at radius 2 is 1.80 bits per heavy atom. The number of fused-ring (bicyclic) bond motifs is 2. The predicted octanol–water partition coefficient (Wildman–Crippen LogP) is 3.95. The third kappa shape index (κ3) is 6.42. The molecular weight excluding hydrogens is 633 g/mol. The second-order valence-electron chi connectivity index (χ2n) is 10.2. The molecule has 0 spiro atoms. The van der Waals surface area contributed by atoms with E-state index in [0.29, 0.717) is 35.2 Å². The van der Waals surface area contributed by atoms with Gasteiger partial charge in [-0.15, -0.1) is 0 Å². The Kier molecular flexibility index (Phi) is 8.69. The van der Waals surface area contributed by atoms with Crippen molar-refractivity contribution >= 4 is 67.7 Å². The highest BCUT2D eigenvalue weighted by Crippen LogP contribution is 2.35. The summed E-state index contributed by atoms with van der Waals surface area (Å²) in [7, 11) is -3.57. The van der Waals surface area contributed by atoms with Crippen molar-refractivity contribution in [2.24, 2.45) is 0 Å². The van der Waals surface area contributed by atoms with Gasteiger partial charge in [0.15, 0.2) is 9.84 Å². The van der Waals surface area contributed by atoms with Crippen molar-refractivity contribution in [1.29, 1.82) is 0 Å². The van der Waals surface area contributed by atoms with Crippen molar-refractivity contribution < 1.29 is 37.1 Å². The molecule has 3 amide bonds. The zero-order valence-electron chi connectivity index (χ0n) is 23.1. The van der Waals surface area contributed by atoms with Crippen LogP contribution in [0.25, 0.3) is 11.0 Å². The van der Waals surface area contributed by atoms with Crippen LogP contribution in [-0.2, 0) is 27.6 Å². The topological polar surface area (TPSA) is 163 Å². The molecule has 0 radical (unpaired) electrons. The summed E-state index contributed by atoms with van der Waals surface area (Å²) < 4.78 is 29.0. The molecule has 1 aliphatic rings. The van der Waals surface area contributed by atoms with Crippen LogP contribution < -0.4 is 10.6 Å². The van der Waals surface area contributed by atoms with E-state index in [9.17, 15) is 32.7 Å². The number of halogens is 2. The normalized spacial score (nSPS) is 13.7. The van der Waals surface area contributed by atoms with Crippen LogP contribution in [-0.4, -0.2) is 67.5 Å². The Bertz CT molecular complexity index is 1940. The molecule has 228 valence electrons. The number of hydrogen-bond acceptors (Lipinski definition) is 7. The maximum atomic E-state index is 13.2. The summed E-state index contributed by atoms with van der Waals surface area (Å²) in [5, 5.41) is 15.3. The molecule has 5 rings (SSSR count). The van der Waals surface area contributed by atoms with Gasteiger partial charge in [0.05, 0.1) is 26.8 Å². The molecule has 0 unspecified atom stereocenters. The van der Waals surface area contributed by atoms with Gasteiger partial charge in [-0.25, -0.2) is 13.2 Å². The highest BCUT2D eigenvalue weighted by Gasteiger charge is 2.30. The van der Waals surface area contributed by atoms with Gasteiger partial charge in [-0.1, -0.05) is 35.3 Å². The van der Waals surface area contributed by atoms with E-state index in [-0.39, 0.29) is 38.5 Å². The monoisotopic (exact) mass is 657 g/mol. The quantitative estimate of drug-likeness (QED) is 0.256. The number of benzene rings is 3. The molecule has 0 saturated heterocycles. The van der Waals surface area contributed by atoms with E-state index < -0.39 is 40.2 Å². The lowest BCUT2D eigenvalue weighted by molar-refractivity contribution is -0.139. The molecule has 0 fully saturated rings. The van der Waals surface area contributed by atoms with Gasteiger partial charge in [-0.2, -0.15) is 0 Å². The van der Waals surface area contributed by atoms with Crippen LogP contribution in [0.2, 0.25) is 10.0 Å². The fourth-order valence-electron chi connectivity index (χ4n) is 4.90. The van der Waals surface area contributed by atoms with Crippen molar-refractivity contribution in [3.05, 3.63) is 98.7 Å². The summed E-state index contributed by atoms with van der Waals surface area (Å²) in [6, 6.07) is 12.2. The van der Waals surface area contributed by atoms with E-state index in [2.05, 4.69) is 10.6 Å². The molecule has 1 aromatic heterocycles. The number of carboxylic acids is 1. The Morgan fingerprint density at radius 1 is 1.02 bits per heavy atom. The number of sulfone groups is 1. The first-order valence-electron chi connectivity index (χ1n) is 13.2. The van der Waals surface area contributed by atoms with Crippen LogP contribution in [0.4, 0.5) is 0 Å². The first-order chi connectivity index (χ1) is 20.8. The number of carboxylic acid groups (broad SMARTS) is 1. The predicted molar refractivity (Wildman–Crippen MR) is 162 cm³/mol. The lowest BCUT2D eigenvalue weighted by Gasteiger charge is -2.30. The zero-order chi connectivity index (χ0) is 31.8. The number of nitrogens with zero attached hydrogens (tertiary/aromatic N) is 1. The number of aliphatic carboxylic acids is 1. The van der Waals surface area contributed by atoms with E-state index in [0.717, 1.165) is 17.7 Å². The van der Waals surface area contributed by atoms with E-state index in [1.165, 1.54) is 24.3 Å². The van der Waals surface area contributed by atoms with Gasteiger partial charge in [0.25, 0.3) is 17.7 Å². The summed E-state index contributed by atoms with van der Waals surface area (Å²) in [5.74, 6) is -3.24. The number of amides is 3. The maximum Gasteiger partial charge on any atom is 0.328 e. The maximum absolute atomic E-state index is 13.2. The van der Waals surface area contributed by atoms with Crippen molar-refractivity contribution in [2.75, 3.05) is 19.3 Å². The van der Waals surface area contributed by atoms with E-state index in [1.54, 1.807) is 35.4 Å². The van der Waals surface area contributed by atoms with Crippen LogP contribution in [0.5, 0.6) is 0 Å². The second-order valence-corrected chi connectivity index (χ2v) is 13.0. The Morgan fingerprint density at radius 3 is 2.52 bits per heavy atom. The van der Waals surface area contributed by atoms with Crippen LogP contribution in [0.1, 0.15) is 42.2 Å². The molecule has 0 bridgehead atoms. The lowest BCUT2D eigenvalue weighted by atomic mass is 9.96. The minimum Gasteiger partial charge on any atom is -0.480 e. The highest BCUT2D eigenvalue weighted by atomic mass is 35.5.